The van der Waals surface area contributed by atoms with E-state index in [0.717, 1.165) is 45.3 Å². The summed E-state index contributed by atoms with van der Waals surface area (Å²) >= 11 is 0. The van der Waals surface area contributed by atoms with Gasteiger partial charge in [-0.2, -0.15) is 8.42 Å². The van der Waals surface area contributed by atoms with E-state index in [1.54, 1.807) is 0 Å². The zero-order valence-corrected chi connectivity index (χ0v) is 42.3. The van der Waals surface area contributed by atoms with Gasteiger partial charge in [0.15, 0.2) is 0 Å². The summed E-state index contributed by atoms with van der Waals surface area (Å²) in [5.74, 6) is 3.50. The molecule has 2 saturated carbocycles. The smallest absolute Gasteiger partial charge is 0.261 e. The van der Waals surface area contributed by atoms with E-state index in [-0.39, 0.29) is 28.3 Å². The van der Waals surface area contributed by atoms with E-state index in [9.17, 15) is 8.42 Å². The maximum Gasteiger partial charge on any atom is 0.261 e. The van der Waals surface area contributed by atoms with Gasteiger partial charge in [0.05, 0.1) is 20.5 Å². The van der Waals surface area contributed by atoms with Crippen LogP contribution in [0.3, 0.4) is 0 Å². The Bertz CT molecular complexity index is 2200. The first-order chi connectivity index (χ1) is 29.7. The summed E-state index contributed by atoms with van der Waals surface area (Å²) in [6, 6.07) is 39.2. The maximum absolute atomic E-state index is 9.19. The monoisotopic (exact) mass is 982 g/mol. The van der Waals surface area contributed by atoms with Gasteiger partial charge in [-0.1, -0.05) is 142 Å². The van der Waals surface area contributed by atoms with Crippen molar-refractivity contribution in [1.29, 1.82) is 0 Å². The first-order valence-corrected chi connectivity index (χ1v) is 26.1. The van der Waals surface area contributed by atoms with Crippen molar-refractivity contribution in [3.05, 3.63) is 126 Å². The Morgan fingerprint density at radius 3 is 1.62 bits per heavy atom. The number of nitrogens with one attached hydrogen (secondary N) is 1. The van der Waals surface area contributed by atoms with Crippen molar-refractivity contribution in [3.8, 4) is 33.8 Å². The second-order valence-corrected chi connectivity index (χ2v) is 22.0. The minimum atomic E-state index is -3.67. The van der Waals surface area contributed by atoms with Gasteiger partial charge in [0.1, 0.15) is 11.5 Å². The van der Waals surface area contributed by atoms with E-state index in [1.165, 1.54) is 97.3 Å². The maximum atomic E-state index is 9.19. The Morgan fingerprint density at radius 2 is 1.14 bits per heavy atom. The van der Waals surface area contributed by atoms with Crippen LogP contribution >= 0.6 is 7.92 Å². The van der Waals surface area contributed by atoms with Crippen molar-refractivity contribution in [2.24, 2.45) is 0 Å². The van der Waals surface area contributed by atoms with Gasteiger partial charge in [-0.05, 0) is 107 Å². The van der Waals surface area contributed by atoms with Crippen LogP contribution in [0.2, 0.25) is 0 Å². The molecule has 0 heterocycles. The first kappa shape index (κ1) is 52.1. The molecular formula is C54H71NO5PPdS-. The fraction of sp³-hybridized carbons (Fsp3) is 0.444. The van der Waals surface area contributed by atoms with Crippen LogP contribution in [0.15, 0.2) is 103 Å². The molecule has 0 unspecified atom stereocenters. The van der Waals surface area contributed by atoms with E-state index in [2.05, 4.69) is 108 Å². The van der Waals surface area contributed by atoms with Crippen molar-refractivity contribution in [1.82, 2.24) is 0 Å². The molecule has 2 aliphatic carbocycles. The summed E-state index contributed by atoms with van der Waals surface area (Å²) in [6.07, 6.45) is 14.6. The van der Waals surface area contributed by atoms with E-state index in [1.807, 2.05) is 62.8 Å². The minimum Gasteiger partial charge on any atom is -0.496 e. The summed E-state index contributed by atoms with van der Waals surface area (Å²) in [4.78, 5) is 0. The van der Waals surface area contributed by atoms with E-state index < -0.39 is 10.1 Å². The summed E-state index contributed by atoms with van der Waals surface area (Å²) in [5, 5.41) is 4.97. The molecule has 0 aliphatic heterocycles. The standard InChI is InChI=1S/C35H53O2P.C18H14N.CH4O3S.Pd/c1-23(2)26-21-29(24(3)4)33(30(22-26)25(5)6)34-31(36-7)19-20-32(37-8)35(34)38(27-15-11-9-12-16-27)28-17-13-10-14-18-28;1-3-9-15(10-4-1)17-13-7-8-14-18(17)19-16-11-5-2-6-12-16;1-5(2,3)4;/h19-25,27-28H,9-18H2,1-8H3;1-9,11-14,19H;1H3,(H,2,3,4);/q;-1;;. The van der Waals surface area contributed by atoms with E-state index >= 15 is 0 Å². The van der Waals surface area contributed by atoms with Gasteiger partial charge in [-0.25, -0.2) is 0 Å². The molecule has 0 radical (unpaired) electrons. The number of anilines is 2. The molecule has 7 rings (SSSR count). The van der Waals surface area contributed by atoms with Crippen molar-refractivity contribution < 1.29 is 42.9 Å². The second-order valence-electron chi connectivity index (χ2n) is 17.8. The Morgan fingerprint density at radius 1 is 0.651 bits per heavy atom. The zero-order chi connectivity index (χ0) is 44.8. The van der Waals surface area contributed by atoms with Crippen LogP contribution in [-0.4, -0.2) is 44.8 Å². The minimum absolute atomic E-state index is 0. The number of hydrogen-bond acceptors (Lipinski definition) is 5. The molecule has 5 aromatic carbocycles. The van der Waals surface area contributed by atoms with Crippen molar-refractivity contribution in [2.45, 2.75) is 135 Å². The number of ether oxygens (including phenoxy) is 2. The molecule has 2 aliphatic rings. The quantitative estimate of drug-likeness (QED) is 0.0561. The molecule has 2 fully saturated rings. The molecule has 0 saturated heterocycles. The predicted octanol–water partition coefficient (Wildman–Crippen LogP) is 14.9. The van der Waals surface area contributed by atoms with Crippen molar-refractivity contribution >= 4 is 34.7 Å². The summed E-state index contributed by atoms with van der Waals surface area (Å²) in [5.41, 5.74) is 13.2. The average molecular weight is 984 g/mol. The van der Waals surface area contributed by atoms with Gasteiger partial charge in [0, 0.05) is 42.7 Å². The third-order valence-corrected chi connectivity index (χ3v) is 15.7. The summed E-state index contributed by atoms with van der Waals surface area (Å²) in [7, 11) is -0.286. The van der Waals surface area contributed by atoms with Crippen LogP contribution in [0.25, 0.3) is 22.3 Å². The third-order valence-electron chi connectivity index (χ3n) is 12.1. The largest absolute Gasteiger partial charge is 0.496 e. The van der Waals surface area contributed by atoms with Crippen LogP contribution in [0, 0.1) is 6.07 Å². The molecule has 0 amide bonds. The summed E-state index contributed by atoms with van der Waals surface area (Å²) in [6.45, 7) is 14.1. The molecule has 0 bridgehead atoms. The van der Waals surface area contributed by atoms with Crippen LogP contribution in [0.4, 0.5) is 11.4 Å². The molecule has 5 aromatic rings. The molecule has 9 heteroatoms. The number of hydrogen-bond donors (Lipinski definition) is 2. The molecule has 0 aromatic heterocycles. The fourth-order valence-corrected chi connectivity index (χ4v) is 13.1. The van der Waals surface area contributed by atoms with Gasteiger partial charge >= 0.3 is 0 Å². The zero-order valence-electron chi connectivity index (χ0n) is 39.0. The number of para-hydroxylation sites is 2. The number of benzene rings is 5. The Labute approximate surface area is 395 Å². The van der Waals surface area contributed by atoms with Crippen molar-refractivity contribution in [2.75, 3.05) is 25.8 Å². The molecular weight excluding hydrogens is 912 g/mol. The third kappa shape index (κ3) is 14.8. The van der Waals surface area contributed by atoms with Gasteiger partial charge in [-0.3, -0.25) is 4.55 Å². The molecule has 6 nitrogen and oxygen atoms in total. The van der Waals surface area contributed by atoms with E-state index in [4.69, 9.17) is 14.0 Å². The SMILES string of the molecule is COc1ccc(OC)c(P(C2CCCCC2)C2CCCCC2)c1-c1c(C(C)C)cc(C(C)C)cc1C(C)C.CS(=O)(=O)O.[Pd].[c-]1ccccc1-c1ccccc1Nc1ccccc1. The van der Waals surface area contributed by atoms with Gasteiger partial charge in [0.2, 0.25) is 0 Å². The average Bonchev–Trinajstić information content (AvgIpc) is 3.27. The topological polar surface area (TPSA) is 84.9 Å². The Kier molecular flexibility index (Phi) is 20.9. The first-order valence-electron chi connectivity index (χ1n) is 22.7. The molecule has 63 heavy (non-hydrogen) atoms. The number of rotatable bonds is 12. The van der Waals surface area contributed by atoms with Crippen LogP contribution in [0.5, 0.6) is 11.5 Å². The van der Waals surface area contributed by atoms with Crippen LogP contribution < -0.4 is 20.1 Å². The van der Waals surface area contributed by atoms with Gasteiger partial charge in [0.25, 0.3) is 10.1 Å². The van der Waals surface area contributed by atoms with E-state index in [0.29, 0.717) is 24.0 Å². The summed E-state index contributed by atoms with van der Waals surface area (Å²) < 4.78 is 38.4. The molecule has 2 N–H and O–H groups in total. The second kappa shape index (κ2) is 25.3. The van der Waals surface area contributed by atoms with Crippen molar-refractivity contribution in [3.63, 3.8) is 0 Å². The van der Waals surface area contributed by atoms with Crippen LogP contribution in [0.1, 0.15) is 140 Å². The van der Waals surface area contributed by atoms with Gasteiger partial charge in [-0.15, -0.1) is 35.9 Å². The Balaban J connectivity index is 0.000000289. The molecule has 344 valence electrons. The van der Waals surface area contributed by atoms with Crippen LogP contribution in [-0.2, 0) is 30.5 Å². The molecule has 0 spiro atoms. The molecule has 0 atom stereocenters. The number of methoxy groups -OCH3 is 2. The fourth-order valence-electron chi connectivity index (χ4n) is 9.08. The normalized spacial score (nSPS) is 14.6. The van der Waals surface area contributed by atoms with Gasteiger partial charge < -0.3 is 14.8 Å². The predicted molar refractivity (Wildman–Crippen MR) is 265 cm³/mol. The Hall–Kier alpha value is -3.50.